The number of unbranched alkanes of at least 4 members (excludes halogenated alkanes) is 1. The van der Waals surface area contributed by atoms with E-state index < -0.39 is 0 Å². The Bertz CT molecular complexity index is 64.5. The predicted octanol–water partition coefficient (Wildman–Crippen LogP) is 2.42. The van der Waals surface area contributed by atoms with E-state index in [1.807, 2.05) is 6.92 Å². The number of rotatable bonds is 2. The number of allylic oxidation sites excluding steroid dienone is 1. The standard InChI is InChI=1S/C5H9ClO/c1-2-3-4-5(6)7/h4,7H,2-3H2,1H3. The summed E-state index contributed by atoms with van der Waals surface area (Å²) in [5.41, 5.74) is 0. The van der Waals surface area contributed by atoms with Crippen molar-refractivity contribution in [3.05, 3.63) is 11.3 Å². The van der Waals surface area contributed by atoms with Gasteiger partial charge in [0.2, 0.25) is 0 Å². The summed E-state index contributed by atoms with van der Waals surface area (Å²) in [5.74, 6) is 0. The summed E-state index contributed by atoms with van der Waals surface area (Å²) in [6, 6.07) is 0. The van der Waals surface area contributed by atoms with E-state index in [4.69, 9.17) is 16.7 Å². The largest absolute Gasteiger partial charge is 0.499 e. The molecule has 0 spiro atoms. The molecule has 0 aliphatic heterocycles. The van der Waals surface area contributed by atoms with Crippen molar-refractivity contribution < 1.29 is 5.11 Å². The maximum atomic E-state index is 8.31. The Morgan fingerprint density at radius 1 is 1.86 bits per heavy atom. The Kier molecular flexibility index (Phi) is 3.90. The van der Waals surface area contributed by atoms with Gasteiger partial charge in [-0.3, -0.25) is 0 Å². The van der Waals surface area contributed by atoms with Gasteiger partial charge in [-0.2, -0.15) is 0 Å². The fourth-order valence-corrected chi connectivity index (χ4v) is 0.373. The van der Waals surface area contributed by atoms with Crippen LogP contribution in [-0.4, -0.2) is 5.11 Å². The Labute approximate surface area is 48.6 Å². The van der Waals surface area contributed by atoms with E-state index in [1.165, 1.54) is 0 Å². The topological polar surface area (TPSA) is 20.2 Å². The number of hydrogen-bond acceptors (Lipinski definition) is 1. The Morgan fingerprint density at radius 3 is 2.57 bits per heavy atom. The summed E-state index contributed by atoms with van der Waals surface area (Å²) in [5, 5.41) is 8.21. The van der Waals surface area contributed by atoms with Gasteiger partial charge in [-0.05, 0) is 24.1 Å². The fourth-order valence-electron chi connectivity index (χ4n) is 0.263. The summed E-state index contributed by atoms with van der Waals surface area (Å²) >= 11 is 5.07. The summed E-state index contributed by atoms with van der Waals surface area (Å²) < 4.78 is 0. The fraction of sp³-hybridized carbons (Fsp3) is 0.600. The highest BCUT2D eigenvalue weighted by Crippen LogP contribution is 1.97. The molecular formula is C5H9ClO. The molecule has 0 rings (SSSR count). The first-order valence-corrected chi connectivity index (χ1v) is 2.69. The maximum absolute atomic E-state index is 8.31. The van der Waals surface area contributed by atoms with Crippen LogP contribution in [0.4, 0.5) is 0 Å². The molecule has 0 aromatic rings. The molecule has 0 aliphatic carbocycles. The molecule has 0 aromatic carbocycles. The second kappa shape index (κ2) is 4.00. The van der Waals surface area contributed by atoms with Crippen molar-refractivity contribution in [1.29, 1.82) is 0 Å². The van der Waals surface area contributed by atoms with Gasteiger partial charge in [-0.15, -0.1) is 0 Å². The lowest BCUT2D eigenvalue weighted by Gasteiger charge is -1.82. The van der Waals surface area contributed by atoms with Gasteiger partial charge >= 0.3 is 0 Å². The smallest absolute Gasteiger partial charge is 0.180 e. The van der Waals surface area contributed by atoms with E-state index in [1.54, 1.807) is 6.08 Å². The highest BCUT2D eigenvalue weighted by molar-refractivity contribution is 6.27. The summed E-state index contributed by atoms with van der Waals surface area (Å²) in [7, 11) is 0. The van der Waals surface area contributed by atoms with E-state index in [0.717, 1.165) is 12.8 Å². The molecule has 0 fully saturated rings. The molecule has 0 aliphatic rings. The first kappa shape index (κ1) is 6.83. The molecule has 0 unspecified atom stereocenters. The molecule has 7 heavy (non-hydrogen) atoms. The third-order valence-electron chi connectivity index (χ3n) is 0.601. The van der Waals surface area contributed by atoms with E-state index in [9.17, 15) is 0 Å². The third kappa shape index (κ3) is 5.83. The molecule has 1 nitrogen and oxygen atoms in total. The predicted molar refractivity (Wildman–Crippen MR) is 31.5 cm³/mol. The van der Waals surface area contributed by atoms with Crippen LogP contribution in [0.25, 0.3) is 0 Å². The van der Waals surface area contributed by atoms with E-state index in [0.29, 0.717) is 0 Å². The first-order chi connectivity index (χ1) is 3.27. The van der Waals surface area contributed by atoms with Crippen molar-refractivity contribution in [2.75, 3.05) is 0 Å². The Balaban J connectivity index is 3.08. The first-order valence-electron chi connectivity index (χ1n) is 2.32. The van der Waals surface area contributed by atoms with Crippen LogP contribution in [0.15, 0.2) is 11.3 Å². The number of halogens is 1. The zero-order chi connectivity index (χ0) is 5.70. The normalized spacial score (nSPS) is 12.0. The maximum Gasteiger partial charge on any atom is 0.180 e. The summed E-state index contributed by atoms with van der Waals surface area (Å²) in [6.07, 6.45) is 3.47. The van der Waals surface area contributed by atoms with Gasteiger partial charge < -0.3 is 5.11 Å². The zero-order valence-corrected chi connectivity index (χ0v) is 5.07. The van der Waals surface area contributed by atoms with Gasteiger partial charge in [0, 0.05) is 0 Å². The number of hydrogen-bond donors (Lipinski definition) is 1. The lowest BCUT2D eigenvalue weighted by Crippen LogP contribution is -1.65. The van der Waals surface area contributed by atoms with Crippen LogP contribution >= 0.6 is 11.6 Å². The molecule has 0 amide bonds. The van der Waals surface area contributed by atoms with Crippen molar-refractivity contribution in [3.8, 4) is 0 Å². The van der Waals surface area contributed by atoms with Crippen LogP contribution in [0.3, 0.4) is 0 Å². The van der Waals surface area contributed by atoms with Crippen LogP contribution in [0.5, 0.6) is 0 Å². The van der Waals surface area contributed by atoms with Crippen LogP contribution in [0.2, 0.25) is 0 Å². The molecular weight excluding hydrogens is 112 g/mol. The van der Waals surface area contributed by atoms with Crippen molar-refractivity contribution >= 4 is 11.6 Å². The molecule has 0 saturated carbocycles. The van der Waals surface area contributed by atoms with Crippen LogP contribution in [0, 0.1) is 0 Å². The van der Waals surface area contributed by atoms with E-state index >= 15 is 0 Å². The van der Waals surface area contributed by atoms with Crippen molar-refractivity contribution in [3.63, 3.8) is 0 Å². The zero-order valence-electron chi connectivity index (χ0n) is 4.32. The van der Waals surface area contributed by atoms with Crippen molar-refractivity contribution in [1.82, 2.24) is 0 Å². The minimum Gasteiger partial charge on any atom is -0.499 e. The minimum absolute atomic E-state index is 0.0955. The average Bonchev–Trinajstić information content (AvgIpc) is 1.61. The van der Waals surface area contributed by atoms with Crippen LogP contribution in [-0.2, 0) is 0 Å². The molecule has 1 N–H and O–H groups in total. The van der Waals surface area contributed by atoms with Gasteiger partial charge in [0.1, 0.15) is 0 Å². The molecule has 0 atom stereocenters. The minimum atomic E-state index is -0.0955. The summed E-state index contributed by atoms with van der Waals surface area (Å²) in [4.78, 5) is 0. The van der Waals surface area contributed by atoms with Crippen molar-refractivity contribution in [2.45, 2.75) is 19.8 Å². The highest BCUT2D eigenvalue weighted by Gasteiger charge is 1.78. The molecule has 0 radical (unpaired) electrons. The molecule has 42 valence electrons. The Hall–Kier alpha value is -0.170. The monoisotopic (exact) mass is 120 g/mol. The SMILES string of the molecule is CCCC=C(O)Cl. The second-order valence-corrected chi connectivity index (χ2v) is 1.70. The van der Waals surface area contributed by atoms with Gasteiger partial charge in [-0.1, -0.05) is 13.3 Å². The molecule has 2 heteroatoms. The van der Waals surface area contributed by atoms with Gasteiger partial charge in [0.05, 0.1) is 0 Å². The highest BCUT2D eigenvalue weighted by atomic mass is 35.5. The van der Waals surface area contributed by atoms with Gasteiger partial charge in [-0.25, -0.2) is 0 Å². The molecule has 0 saturated heterocycles. The second-order valence-electron chi connectivity index (χ2n) is 1.32. The van der Waals surface area contributed by atoms with E-state index in [2.05, 4.69) is 0 Å². The average molecular weight is 121 g/mol. The number of aliphatic hydroxyl groups excluding tert-OH is 1. The number of aliphatic hydroxyl groups is 1. The molecule has 0 aromatic heterocycles. The van der Waals surface area contributed by atoms with Gasteiger partial charge in [0.15, 0.2) is 5.22 Å². The molecule has 0 heterocycles. The third-order valence-corrected chi connectivity index (χ3v) is 0.756. The van der Waals surface area contributed by atoms with Crippen molar-refractivity contribution in [2.24, 2.45) is 0 Å². The molecule has 0 bridgehead atoms. The quantitative estimate of drug-likeness (QED) is 0.555. The van der Waals surface area contributed by atoms with Crippen LogP contribution < -0.4 is 0 Å². The van der Waals surface area contributed by atoms with E-state index in [-0.39, 0.29) is 5.22 Å². The Morgan fingerprint density at radius 2 is 2.43 bits per heavy atom. The lowest BCUT2D eigenvalue weighted by molar-refractivity contribution is 0.449. The van der Waals surface area contributed by atoms with Crippen LogP contribution in [0.1, 0.15) is 19.8 Å². The summed E-state index contributed by atoms with van der Waals surface area (Å²) in [6.45, 7) is 2.02. The lowest BCUT2D eigenvalue weighted by atomic mass is 10.3. The van der Waals surface area contributed by atoms with Gasteiger partial charge in [0.25, 0.3) is 0 Å².